The molecule has 0 spiro atoms. The van der Waals surface area contributed by atoms with Gasteiger partial charge in [0.15, 0.2) is 0 Å². The number of pyridine rings is 1. The zero-order chi connectivity index (χ0) is 23.0. The summed E-state index contributed by atoms with van der Waals surface area (Å²) < 4.78 is 5.37. The maximum absolute atomic E-state index is 12.5. The van der Waals surface area contributed by atoms with Gasteiger partial charge in [0.2, 0.25) is 5.95 Å². The lowest BCUT2D eigenvalue weighted by Gasteiger charge is -2.34. The molecule has 0 atom stereocenters. The number of carbonyl (C=O) groups excluding carboxylic acids is 2. The Morgan fingerprint density at radius 3 is 2.42 bits per heavy atom. The summed E-state index contributed by atoms with van der Waals surface area (Å²) in [6, 6.07) is 13.1. The largest absolute Gasteiger partial charge is 0.445 e. The number of piperazine rings is 1. The fourth-order valence-corrected chi connectivity index (χ4v) is 3.40. The summed E-state index contributed by atoms with van der Waals surface area (Å²) >= 11 is 0. The Kier molecular flexibility index (Phi) is 6.93. The minimum Gasteiger partial charge on any atom is -0.445 e. The number of aromatic amines is 1. The molecule has 3 aromatic rings. The van der Waals surface area contributed by atoms with Gasteiger partial charge < -0.3 is 19.9 Å². The first kappa shape index (κ1) is 22.0. The van der Waals surface area contributed by atoms with Gasteiger partial charge in [-0.25, -0.2) is 9.78 Å². The van der Waals surface area contributed by atoms with Crippen molar-refractivity contribution in [3.63, 3.8) is 0 Å². The standard InChI is InChI=1S/C23H24N6O4/c30-20(25-14-17-6-8-24-9-7-17)19-15-26-22(27-21(19)31)28-10-12-29(13-11-28)23(32)33-16-18-4-2-1-3-5-18/h1-9,15H,10-14,16H2,(H,25,30)(H,26,27,31). The van der Waals surface area contributed by atoms with E-state index in [1.165, 1.54) is 6.20 Å². The normalized spacial score (nSPS) is 13.5. The second-order valence-electron chi connectivity index (χ2n) is 7.50. The average Bonchev–Trinajstić information content (AvgIpc) is 2.87. The first-order valence-electron chi connectivity index (χ1n) is 10.6. The predicted molar refractivity (Wildman–Crippen MR) is 121 cm³/mol. The van der Waals surface area contributed by atoms with Crippen molar-refractivity contribution in [2.75, 3.05) is 31.1 Å². The predicted octanol–water partition coefficient (Wildman–Crippen LogP) is 1.55. The monoisotopic (exact) mass is 448 g/mol. The molecule has 4 rings (SSSR count). The second-order valence-corrected chi connectivity index (χ2v) is 7.50. The van der Waals surface area contributed by atoms with E-state index in [1.807, 2.05) is 35.2 Å². The third-order valence-corrected chi connectivity index (χ3v) is 5.28. The van der Waals surface area contributed by atoms with E-state index in [0.29, 0.717) is 32.1 Å². The lowest BCUT2D eigenvalue weighted by atomic mass is 10.2. The van der Waals surface area contributed by atoms with Gasteiger partial charge in [0, 0.05) is 51.3 Å². The van der Waals surface area contributed by atoms with Crippen LogP contribution >= 0.6 is 0 Å². The van der Waals surface area contributed by atoms with Gasteiger partial charge in [0.25, 0.3) is 11.5 Å². The van der Waals surface area contributed by atoms with Crippen LogP contribution in [0, 0.1) is 0 Å². The van der Waals surface area contributed by atoms with Gasteiger partial charge in [-0.05, 0) is 23.3 Å². The molecule has 0 bridgehead atoms. The van der Waals surface area contributed by atoms with Gasteiger partial charge in [-0.3, -0.25) is 19.6 Å². The van der Waals surface area contributed by atoms with Crippen LogP contribution in [0.1, 0.15) is 21.5 Å². The van der Waals surface area contributed by atoms with Crippen molar-refractivity contribution >= 4 is 17.9 Å². The lowest BCUT2D eigenvalue weighted by Crippen LogP contribution is -2.49. The molecule has 0 unspecified atom stereocenters. The Labute approximate surface area is 190 Å². The number of amides is 2. The number of ether oxygens (including phenoxy) is 1. The summed E-state index contributed by atoms with van der Waals surface area (Å²) in [5.41, 5.74) is 1.23. The molecule has 0 aliphatic carbocycles. The molecular formula is C23H24N6O4. The van der Waals surface area contributed by atoms with E-state index in [0.717, 1.165) is 11.1 Å². The summed E-state index contributed by atoms with van der Waals surface area (Å²) in [5, 5.41) is 2.70. The molecule has 1 fully saturated rings. The number of aromatic nitrogens is 3. The number of H-pyrrole nitrogens is 1. The molecule has 1 saturated heterocycles. The molecule has 33 heavy (non-hydrogen) atoms. The Bertz CT molecular complexity index is 1140. The molecule has 0 radical (unpaired) electrons. The Morgan fingerprint density at radius 1 is 1.00 bits per heavy atom. The van der Waals surface area contributed by atoms with Crippen LogP contribution in [0.3, 0.4) is 0 Å². The quantitative estimate of drug-likeness (QED) is 0.587. The first-order chi connectivity index (χ1) is 16.1. The van der Waals surface area contributed by atoms with Crippen LogP contribution in [-0.2, 0) is 17.9 Å². The number of rotatable bonds is 6. The number of hydrogen-bond donors (Lipinski definition) is 2. The number of nitrogens with one attached hydrogen (secondary N) is 2. The van der Waals surface area contributed by atoms with Crippen molar-refractivity contribution in [2.24, 2.45) is 0 Å². The van der Waals surface area contributed by atoms with Crippen molar-refractivity contribution in [1.29, 1.82) is 0 Å². The van der Waals surface area contributed by atoms with E-state index in [2.05, 4.69) is 20.3 Å². The molecule has 10 nitrogen and oxygen atoms in total. The van der Waals surface area contributed by atoms with Gasteiger partial charge in [0.05, 0.1) is 0 Å². The van der Waals surface area contributed by atoms with Gasteiger partial charge >= 0.3 is 6.09 Å². The zero-order valence-corrected chi connectivity index (χ0v) is 17.9. The molecule has 3 heterocycles. The fourth-order valence-electron chi connectivity index (χ4n) is 3.40. The first-order valence-corrected chi connectivity index (χ1v) is 10.6. The van der Waals surface area contributed by atoms with Crippen molar-refractivity contribution in [2.45, 2.75) is 13.2 Å². The maximum Gasteiger partial charge on any atom is 0.410 e. The highest BCUT2D eigenvalue weighted by molar-refractivity contribution is 5.93. The van der Waals surface area contributed by atoms with Crippen LogP contribution in [0.2, 0.25) is 0 Å². The van der Waals surface area contributed by atoms with E-state index in [1.54, 1.807) is 29.4 Å². The fraction of sp³-hybridized carbons (Fsp3) is 0.261. The van der Waals surface area contributed by atoms with Crippen LogP contribution in [0.5, 0.6) is 0 Å². The smallest absolute Gasteiger partial charge is 0.410 e. The number of nitrogens with zero attached hydrogens (tertiary/aromatic N) is 4. The Balaban J connectivity index is 1.28. The molecule has 2 amide bonds. The van der Waals surface area contributed by atoms with Gasteiger partial charge in [-0.1, -0.05) is 30.3 Å². The van der Waals surface area contributed by atoms with Gasteiger partial charge in [0.1, 0.15) is 12.2 Å². The van der Waals surface area contributed by atoms with Crippen LogP contribution in [0.4, 0.5) is 10.7 Å². The van der Waals surface area contributed by atoms with Crippen LogP contribution in [0.25, 0.3) is 0 Å². The van der Waals surface area contributed by atoms with Gasteiger partial charge in [-0.2, -0.15) is 0 Å². The van der Waals surface area contributed by atoms with E-state index in [4.69, 9.17) is 4.74 Å². The molecule has 2 aromatic heterocycles. The molecular weight excluding hydrogens is 424 g/mol. The highest BCUT2D eigenvalue weighted by atomic mass is 16.6. The summed E-state index contributed by atoms with van der Waals surface area (Å²) in [7, 11) is 0. The van der Waals surface area contributed by atoms with E-state index < -0.39 is 11.5 Å². The Morgan fingerprint density at radius 2 is 1.73 bits per heavy atom. The van der Waals surface area contributed by atoms with E-state index in [9.17, 15) is 14.4 Å². The zero-order valence-electron chi connectivity index (χ0n) is 17.9. The highest BCUT2D eigenvalue weighted by Crippen LogP contribution is 2.11. The second kappa shape index (κ2) is 10.4. The highest BCUT2D eigenvalue weighted by Gasteiger charge is 2.24. The van der Waals surface area contributed by atoms with Gasteiger partial charge in [-0.15, -0.1) is 0 Å². The van der Waals surface area contributed by atoms with Crippen molar-refractivity contribution in [3.05, 3.63) is 88.1 Å². The van der Waals surface area contributed by atoms with Crippen molar-refractivity contribution < 1.29 is 14.3 Å². The summed E-state index contributed by atoms with van der Waals surface area (Å²) in [4.78, 5) is 51.4. The summed E-state index contributed by atoms with van der Waals surface area (Å²) in [6.45, 7) is 2.34. The van der Waals surface area contributed by atoms with E-state index in [-0.39, 0.29) is 24.8 Å². The molecule has 10 heteroatoms. The van der Waals surface area contributed by atoms with Crippen molar-refractivity contribution in [3.8, 4) is 0 Å². The maximum atomic E-state index is 12.5. The van der Waals surface area contributed by atoms with Crippen LogP contribution < -0.4 is 15.8 Å². The molecule has 1 aliphatic heterocycles. The average molecular weight is 448 g/mol. The van der Waals surface area contributed by atoms with Crippen LogP contribution in [0.15, 0.2) is 65.8 Å². The number of carbonyl (C=O) groups is 2. The minimum absolute atomic E-state index is 0.0593. The minimum atomic E-state index is -0.517. The molecule has 1 aromatic carbocycles. The SMILES string of the molecule is O=C(NCc1ccncc1)c1cnc(N2CCN(C(=O)OCc3ccccc3)CC2)[nH]c1=O. The number of benzene rings is 1. The molecule has 170 valence electrons. The molecule has 1 aliphatic rings. The van der Waals surface area contributed by atoms with Crippen molar-refractivity contribution in [1.82, 2.24) is 25.2 Å². The third-order valence-electron chi connectivity index (χ3n) is 5.28. The number of hydrogen-bond acceptors (Lipinski definition) is 7. The lowest BCUT2D eigenvalue weighted by molar-refractivity contribution is 0.0934. The summed E-state index contributed by atoms with van der Waals surface area (Å²) in [5.74, 6) is -0.138. The number of anilines is 1. The molecule has 0 saturated carbocycles. The topological polar surface area (TPSA) is 121 Å². The third kappa shape index (κ3) is 5.73. The summed E-state index contributed by atoms with van der Waals surface area (Å²) in [6.07, 6.45) is 4.17. The molecule has 2 N–H and O–H groups in total. The van der Waals surface area contributed by atoms with E-state index >= 15 is 0 Å². The Hall–Kier alpha value is -4.21. The van der Waals surface area contributed by atoms with Crippen LogP contribution in [-0.4, -0.2) is 58.0 Å².